The van der Waals surface area contributed by atoms with Crippen LogP contribution in [-0.4, -0.2) is 63.2 Å². The van der Waals surface area contributed by atoms with Crippen molar-refractivity contribution in [2.24, 2.45) is 0 Å². The first-order valence-corrected chi connectivity index (χ1v) is 12.1. The van der Waals surface area contributed by atoms with E-state index in [1.807, 2.05) is 18.2 Å². The van der Waals surface area contributed by atoms with Crippen molar-refractivity contribution in [1.29, 1.82) is 0 Å². The Labute approximate surface area is 210 Å². The van der Waals surface area contributed by atoms with Gasteiger partial charge in [-0.15, -0.1) is 0 Å². The number of hydrogen-bond donors (Lipinski definition) is 1. The Morgan fingerprint density at radius 1 is 1.11 bits per heavy atom. The SMILES string of the molecule is Cc1cc(N2c3ccccc3C[C@H]2CCC(=O)N2CCN(c3ncc(C(F)(F)F)cn3)CC2)n[nH]c1=O. The van der Waals surface area contributed by atoms with E-state index in [-0.39, 0.29) is 23.5 Å². The quantitative estimate of drug-likeness (QED) is 0.560. The van der Waals surface area contributed by atoms with Crippen LogP contribution in [0.1, 0.15) is 29.5 Å². The number of halogens is 3. The third-order valence-corrected chi connectivity index (χ3v) is 6.87. The summed E-state index contributed by atoms with van der Waals surface area (Å²) in [4.78, 5) is 38.2. The molecule has 1 amide bonds. The maximum absolute atomic E-state index is 13.0. The van der Waals surface area contributed by atoms with Gasteiger partial charge in [0.05, 0.1) is 5.56 Å². The standard InChI is InChI=1S/C25H26F3N7O2/c1-16-12-21(31-32-23(16)37)35-19(13-17-4-2-3-5-20(17)35)6-7-22(36)33-8-10-34(11-9-33)24-29-14-18(15-30-24)25(26,27)28/h2-5,12,14-15,19H,6-11,13H2,1H3,(H,32,37)/t19-/m1/s1. The number of carbonyl (C=O) groups is 1. The van der Waals surface area contributed by atoms with E-state index in [1.165, 1.54) is 0 Å². The highest BCUT2D eigenvalue weighted by atomic mass is 19.4. The zero-order valence-corrected chi connectivity index (χ0v) is 20.2. The average Bonchev–Trinajstić information content (AvgIpc) is 3.27. The molecule has 0 radical (unpaired) electrons. The second-order valence-corrected chi connectivity index (χ2v) is 9.27. The predicted molar refractivity (Wildman–Crippen MR) is 131 cm³/mol. The van der Waals surface area contributed by atoms with Gasteiger partial charge in [-0.25, -0.2) is 15.1 Å². The number of carbonyl (C=O) groups excluding carboxylic acids is 1. The predicted octanol–water partition coefficient (Wildman–Crippen LogP) is 3.08. The molecule has 0 aliphatic carbocycles. The van der Waals surface area contributed by atoms with Crippen molar-refractivity contribution in [2.75, 3.05) is 36.0 Å². The van der Waals surface area contributed by atoms with Gasteiger partial charge in [-0.05, 0) is 37.5 Å². The summed E-state index contributed by atoms with van der Waals surface area (Å²) in [5, 5.41) is 6.80. The molecule has 0 bridgehead atoms. The summed E-state index contributed by atoms with van der Waals surface area (Å²) in [6.07, 6.45) is -1.20. The van der Waals surface area contributed by atoms with E-state index < -0.39 is 11.7 Å². The number of fused-ring (bicyclic) bond motifs is 1. The summed E-state index contributed by atoms with van der Waals surface area (Å²) in [7, 11) is 0. The number of para-hydroxylation sites is 1. The number of H-pyrrole nitrogens is 1. The van der Waals surface area contributed by atoms with Crippen LogP contribution in [0.2, 0.25) is 0 Å². The Morgan fingerprint density at radius 3 is 2.49 bits per heavy atom. The number of amides is 1. The highest BCUT2D eigenvalue weighted by Gasteiger charge is 2.33. The topological polar surface area (TPSA) is 98.3 Å². The lowest BCUT2D eigenvalue weighted by Crippen LogP contribution is -2.49. The summed E-state index contributed by atoms with van der Waals surface area (Å²) >= 11 is 0. The van der Waals surface area contributed by atoms with Crippen LogP contribution in [-0.2, 0) is 17.4 Å². The Bertz CT molecular complexity index is 1340. The molecule has 4 heterocycles. The van der Waals surface area contributed by atoms with Crippen molar-refractivity contribution in [1.82, 2.24) is 25.1 Å². The highest BCUT2D eigenvalue weighted by molar-refractivity contribution is 5.77. The monoisotopic (exact) mass is 513 g/mol. The molecule has 2 aliphatic heterocycles. The van der Waals surface area contributed by atoms with E-state index in [0.29, 0.717) is 50.4 Å². The average molecular weight is 514 g/mol. The van der Waals surface area contributed by atoms with Gasteiger partial charge < -0.3 is 14.7 Å². The number of nitrogens with zero attached hydrogens (tertiary/aromatic N) is 6. The fourth-order valence-electron chi connectivity index (χ4n) is 4.85. The molecular formula is C25H26F3N7O2. The minimum atomic E-state index is -4.48. The second kappa shape index (κ2) is 9.83. The normalized spacial score (nSPS) is 17.7. The number of alkyl halides is 3. The molecule has 3 aromatic rings. The molecule has 2 aromatic heterocycles. The maximum Gasteiger partial charge on any atom is 0.419 e. The van der Waals surface area contributed by atoms with Gasteiger partial charge in [0.15, 0.2) is 5.82 Å². The minimum absolute atomic E-state index is 0.0148. The van der Waals surface area contributed by atoms with Gasteiger partial charge in [0, 0.05) is 62.3 Å². The molecule has 9 nitrogen and oxygen atoms in total. The number of aromatic nitrogens is 4. The zero-order valence-electron chi connectivity index (χ0n) is 20.2. The molecule has 12 heteroatoms. The summed E-state index contributed by atoms with van der Waals surface area (Å²) < 4.78 is 38.3. The number of nitrogens with one attached hydrogen (secondary N) is 1. The summed E-state index contributed by atoms with van der Waals surface area (Å²) in [5.74, 6) is 0.891. The number of benzene rings is 1. The lowest BCUT2D eigenvalue weighted by molar-refractivity contribution is -0.138. The van der Waals surface area contributed by atoms with Crippen LogP contribution in [0.15, 0.2) is 47.5 Å². The number of hydrogen-bond acceptors (Lipinski definition) is 7. The first-order valence-electron chi connectivity index (χ1n) is 12.1. The van der Waals surface area contributed by atoms with E-state index in [2.05, 4.69) is 31.1 Å². The number of rotatable bonds is 5. The van der Waals surface area contributed by atoms with Crippen LogP contribution in [0, 0.1) is 6.92 Å². The zero-order chi connectivity index (χ0) is 26.2. The van der Waals surface area contributed by atoms with Gasteiger partial charge in [-0.1, -0.05) is 18.2 Å². The van der Waals surface area contributed by atoms with Gasteiger partial charge >= 0.3 is 6.18 Å². The summed E-state index contributed by atoms with van der Waals surface area (Å²) in [5.41, 5.74) is 1.63. The van der Waals surface area contributed by atoms with Crippen molar-refractivity contribution in [2.45, 2.75) is 38.4 Å². The first kappa shape index (κ1) is 24.7. The summed E-state index contributed by atoms with van der Waals surface area (Å²) in [6.45, 7) is 3.51. The molecule has 0 saturated carbocycles. The van der Waals surface area contributed by atoms with Gasteiger partial charge in [-0.3, -0.25) is 9.59 Å². The van der Waals surface area contributed by atoms with E-state index in [1.54, 1.807) is 22.8 Å². The van der Waals surface area contributed by atoms with E-state index in [9.17, 15) is 22.8 Å². The smallest absolute Gasteiger partial charge is 0.339 e. The van der Waals surface area contributed by atoms with Crippen molar-refractivity contribution >= 4 is 23.4 Å². The maximum atomic E-state index is 13.0. The van der Waals surface area contributed by atoms with Crippen LogP contribution in [0.5, 0.6) is 0 Å². The molecular weight excluding hydrogens is 487 g/mol. The van der Waals surface area contributed by atoms with Crippen molar-refractivity contribution in [3.63, 3.8) is 0 Å². The lowest BCUT2D eigenvalue weighted by Gasteiger charge is -2.35. The second-order valence-electron chi connectivity index (χ2n) is 9.27. The number of aromatic amines is 1. The Morgan fingerprint density at radius 2 is 1.81 bits per heavy atom. The largest absolute Gasteiger partial charge is 0.419 e. The first-order chi connectivity index (χ1) is 17.7. The van der Waals surface area contributed by atoms with Crippen molar-refractivity contribution in [3.05, 3.63) is 69.8 Å². The Kier molecular flexibility index (Phi) is 6.57. The van der Waals surface area contributed by atoms with Gasteiger partial charge in [0.25, 0.3) is 5.56 Å². The van der Waals surface area contributed by atoms with Crippen LogP contribution < -0.4 is 15.4 Å². The third kappa shape index (κ3) is 5.13. The van der Waals surface area contributed by atoms with Crippen molar-refractivity contribution < 1.29 is 18.0 Å². The molecule has 5 rings (SSSR count). The van der Waals surface area contributed by atoms with Gasteiger partial charge in [-0.2, -0.15) is 18.3 Å². The molecule has 194 valence electrons. The minimum Gasteiger partial charge on any atom is -0.339 e. The fourth-order valence-corrected chi connectivity index (χ4v) is 4.85. The highest BCUT2D eigenvalue weighted by Crippen LogP contribution is 2.38. The molecule has 0 unspecified atom stereocenters. The Balaban J connectivity index is 1.20. The molecule has 1 N–H and O–H groups in total. The number of aryl methyl sites for hydroxylation is 1. The van der Waals surface area contributed by atoms with Gasteiger partial charge in [0.2, 0.25) is 11.9 Å². The fraction of sp³-hybridized carbons (Fsp3) is 0.400. The molecule has 1 aromatic carbocycles. The van der Waals surface area contributed by atoms with E-state index in [0.717, 1.165) is 30.1 Å². The van der Waals surface area contributed by atoms with Crippen LogP contribution in [0.3, 0.4) is 0 Å². The molecule has 1 fully saturated rings. The Hall–Kier alpha value is -3.96. The van der Waals surface area contributed by atoms with Crippen LogP contribution in [0.4, 0.5) is 30.6 Å². The van der Waals surface area contributed by atoms with E-state index in [4.69, 9.17) is 0 Å². The van der Waals surface area contributed by atoms with Crippen LogP contribution >= 0.6 is 0 Å². The summed E-state index contributed by atoms with van der Waals surface area (Å²) in [6, 6.07) is 9.79. The van der Waals surface area contributed by atoms with E-state index >= 15 is 0 Å². The number of piperazine rings is 1. The third-order valence-electron chi connectivity index (χ3n) is 6.87. The molecule has 1 saturated heterocycles. The molecule has 1 atom stereocenters. The van der Waals surface area contributed by atoms with Gasteiger partial charge in [0.1, 0.15) is 0 Å². The molecule has 37 heavy (non-hydrogen) atoms. The van der Waals surface area contributed by atoms with Crippen LogP contribution in [0.25, 0.3) is 0 Å². The molecule has 2 aliphatic rings. The van der Waals surface area contributed by atoms with Crippen molar-refractivity contribution in [3.8, 4) is 0 Å². The lowest BCUT2D eigenvalue weighted by atomic mass is 10.1. The number of anilines is 3. The molecule has 0 spiro atoms.